The maximum absolute atomic E-state index is 11.8. The van der Waals surface area contributed by atoms with Gasteiger partial charge in [0.25, 0.3) is 5.91 Å². The van der Waals surface area contributed by atoms with Gasteiger partial charge in [-0.3, -0.25) is 4.79 Å². The Hall–Kier alpha value is -0.980. The third-order valence-electron chi connectivity index (χ3n) is 1.79. The van der Waals surface area contributed by atoms with E-state index in [1.165, 1.54) is 6.20 Å². The quantitative estimate of drug-likeness (QED) is 0.925. The highest BCUT2D eigenvalue weighted by Gasteiger charge is 2.13. The van der Waals surface area contributed by atoms with Crippen molar-refractivity contribution >= 4 is 50.0 Å². The first-order valence-electron chi connectivity index (χ1n) is 4.21. The van der Waals surface area contributed by atoms with E-state index in [0.29, 0.717) is 20.1 Å². The molecule has 1 aromatic carbocycles. The fraction of sp³-hybridized carbons (Fsp3) is 0. The van der Waals surface area contributed by atoms with Gasteiger partial charge in [0, 0.05) is 16.0 Å². The number of amides is 1. The van der Waals surface area contributed by atoms with Gasteiger partial charge >= 0.3 is 0 Å². The molecule has 82 valence electrons. The van der Waals surface area contributed by atoms with Crippen molar-refractivity contribution < 1.29 is 4.79 Å². The molecular formula is C9H5BrClN3OS. The van der Waals surface area contributed by atoms with Crippen LogP contribution in [0, 0.1) is 0 Å². The van der Waals surface area contributed by atoms with Gasteiger partial charge in [0.15, 0.2) is 0 Å². The molecule has 0 unspecified atom stereocenters. The standard InChI is InChI=1S/C9H5BrClN3OS/c10-6-3-1-2-5(8(6)11)9(15)13-7-4-12-14-16-7/h1-4H,(H,13,15). The molecule has 1 aromatic heterocycles. The SMILES string of the molecule is O=C(Nc1cnns1)c1cccc(Br)c1Cl. The second kappa shape index (κ2) is 4.90. The first-order chi connectivity index (χ1) is 7.68. The van der Waals surface area contributed by atoms with Crippen LogP contribution in [-0.2, 0) is 0 Å². The van der Waals surface area contributed by atoms with E-state index in [0.717, 1.165) is 11.5 Å². The largest absolute Gasteiger partial charge is 0.311 e. The van der Waals surface area contributed by atoms with Crippen LogP contribution in [0.3, 0.4) is 0 Å². The number of aromatic nitrogens is 2. The van der Waals surface area contributed by atoms with E-state index >= 15 is 0 Å². The minimum atomic E-state index is -0.280. The number of carbonyl (C=O) groups excluding carboxylic acids is 1. The second-order valence-electron chi connectivity index (χ2n) is 2.84. The Kier molecular flexibility index (Phi) is 3.52. The molecule has 0 saturated carbocycles. The molecule has 0 saturated heterocycles. The van der Waals surface area contributed by atoms with E-state index in [1.54, 1.807) is 18.2 Å². The topological polar surface area (TPSA) is 54.9 Å². The van der Waals surface area contributed by atoms with E-state index < -0.39 is 0 Å². The average molecular weight is 319 g/mol. The molecule has 0 atom stereocenters. The molecule has 2 aromatic rings. The van der Waals surface area contributed by atoms with E-state index in [-0.39, 0.29) is 5.91 Å². The molecule has 1 N–H and O–H groups in total. The molecule has 2 rings (SSSR count). The maximum Gasteiger partial charge on any atom is 0.257 e. The molecule has 0 radical (unpaired) electrons. The number of benzene rings is 1. The van der Waals surface area contributed by atoms with Gasteiger partial charge in [-0.15, -0.1) is 5.10 Å². The third-order valence-corrected chi connectivity index (χ3v) is 3.67. The van der Waals surface area contributed by atoms with E-state index in [9.17, 15) is 4.79 Å². The van der Waals surface area contributed by atoms with Crippen molar-refractivity contribution in [3.63, 3.8) is 0 Å². The highest BCUT2D eigenvalue weighted by molar-refractivity contribution is 9.10. The van der Waals surface area contributed by atoms with Gasteiger partial charge in [0.05, 0.1) is 16.8 Å². The third kappa shape index (κ3) is 2.40. The number of anilines is 1. The predicted octanol–water partition coefficient (Wildman–Crippen LogP) is 3.21. The van der Waals surface area contributed by atoms with Crippen LogP contribution in [0.4, 0.5) is 5.00 Å². The first-order valence-corrected chi connectivity index (χ1v) is 6.15. The Balaban J connectivity index is 2.24. The molecule has 0 bridgehead atoms. The van der Waals surface area contributed by atoms with Gasteiger partial charge in [-0.25, -0.2) is 0 Å². The van der Waals surface area contributed by atoms with Gasteiger partial charge in [0.2, 0.25) is 0 Å². The van der Waals surface area contributed by atoms with Gasteiger partial charge < -0.3 is 5.32 Å². The summed E-state index contributed by atoms with van der Waals surface area (Å²) in [5.74, 6) is -0.280. The van der Waals surface area contributed by atoms with Crippen molar-refractivity contribution in [1.29, 1.82) is 0 Å². The molecular weight excluding hydrogens is 314 g/mol. The van der Waals surface area contributed by atoms with Gasteiger partial charge in [-0.1, -0.05) is 22.2 Å². The number of nitrogens with one attached hydrogen (secondary N) is 1. The zero-order chi connectivity index (χ0) is 11.5. The summed E-state index contributed by atoms with van der Waals surface area (Å²) in [6, 6.07) is 5.17. The summed E-state index contributed by atoms with van der Waals surface area (Å²) in [6.07, 6.45) is 1.48. The predicted molar refractivity (Wildman–Crippen MR) is 67.0 cm³/mol. The van der Waals surface area contributed by atoms with Crippen molar-refractivity contribution in [3.8, 4) is 0 Å². The molecule has 0 aliphatic heterocycles. The Labute approximate surface area is 109 Å². The molecule has 16 heavy (non-hydrogen) atoms. The minimum Gasteiger partial charge on any atom is -0.311 e. The molecule has 0 fully saturated rings. The Bertz CT molecular complexity index is 517. The zero-order valence-electron chi connectivity index (χ0n) is 7.78. The van der Waals surface area contributed by atoms with Crippen LogP contribution in [0.5, 0.6) is 0 Å². The highest BCUT2D eigenvalue weighted by atomic mass is 79.9. The number of hydrogen-bond acceptors (Lipinski definition) is 4. The van der Waals surface area contributed by atoms with Crippen molar-refractivity contribution in [2.45, 2.75) is 0 Å². The lowest BCUT2D eigenvalue weighted by atomic mass is 10.2. The van der Waals surface area contributed by atoms with Gasteiger partial charge in [-0.05, 0) is 28.1 Å². The van der Waals surface area contributed by atoms with Crippen molar-refractivity contribution in [1.82, 2.24) is 9.59 Å². The van der Waals surface area contributed by atoms with E-state index in [2.05, 4.69) is 30.8 Å². The van der Waals surface area contributed by atoms with Crippen molar-refractivity contribution in [2.75, 3.05) is 5.32 Å². The molecule has 0 spiro atoms. The van der Waals surface area contributed by atoms with Crippen LogP contribution >= 0.6 is 39.1 Å². The van der Waals surface area contributed by atoms with Gasteiger partial charge in [-0.2, -0.15) is 0 Å². The smallest absolute Gasteiger partial charge is 0.257 e. The summed E-state index contributed by atoms with van der Waals surface area (Å²) in [6.45, 7) is 0. The lowest BCUT2D eigenvalue weighted by Crippen LogP contribution is -2.11. The van der Waals surface area contributed by atoms with Crippen molar-refractivity contribution in [3.05, 3.63) is 39.5 Å². The summed E-state index contributed by atoms with van der Waals surface area (Å²) in [7, 11) is 0. The highest BCUT2D eigenvalue weighted by Crippen LogP contribution is 2.26. The monoisotopic (exact) mass is 317 g/mol. The number of nitrogens with zero attached hydrogens (tertiary/aromatic N) is 2. The molecule has 1 heterocycles. The summed E-state index contributed by atoms with van der Waals surface area (Å²) >= 11 is 10.4. The Morgan fingerprint density at radius 2 is 2.31 bits per heavy atom. The summed E-state index contributed by atoms with van der Waals surface area (Å²) in [4.78, 5) is 11.8. The second-order valence-corrected chi connectivity index (χ2v) is 4.86. The van der Waals surface area contributed by atoms with Crippen molar-refractivity contribution in [2.24, 2.45) is 0 Å². The lowest BCUT2D eigenvalue weighted by molar-refractivity contribution is 0.102. The summed E-state index contributed by atoms with van der Waals surface area (Å²) < 4.78 is 4.33. The number of carbonyl (C=O) groups is 1. The lowest BCUT2D eigenvalue weighted by Gasteiger charge is -2.04. The molecule has 0 aliphatic carbocycles. The summed E-state index contributed by atoms with van der Waals surface area (Å²) in [5, 5.41) is 7.25. The average Bonchev–Trinajstić information content (AvgIpc) is 2.74. The van der Waals surface area contributed by atoms with Crippen LogP contribution in [0.2, 0.25) is 5.02 Å². The molecule has 4 nitrogen and oxygen atoms in total. The van der Waals surface area contributed by atoms with E-state index in [1.807, 2.05) is 0 Å². The molecule has 7 heteroatoms. The van der Waals surface area contributed by atoms with Crippen LogP contribution in [0.25, 0.3) is 0 Å². The minimum absolute atomic E-state index is 0.280. The van der Waals surface area contributed by atoms with Crippen LogP contribution in [0.15, 0.2) is 28.9 Å². The number of halogens is 2. The fourth-order valence-corrected chi connectivity index (χ4v) is 2.07. The van der Waals surface area contributed by atoms with Gasteiger partial charge in [0.1, 0.15) is 5.00 Å². The first kappa shape index (κ1) is 11.5. The van der Waals surface area contributed by atoms with E-state index in [4.69, 9.17) is 11.6 Å². The zero-order valence-corrected chi connectivity index (χ0v) is 10.9. The Morgan fingerprint density at radius 3 is 3.00 bits per heavy atom. The van der Waals surface area contributed by atoms with Crippen LogP contribution in [-0.4, -0.2) is 15.5 Å². The summed E-state index contributed by atoms with van der Waals surface area (Å²) in [5.41, 5.74) is 0.407. The number of rotatable bonds is 2. The van der Waals surface area contributed by atoms with Crippen LogP contribution in [0.1, 0.15) is 10.4 Å². The fourth-order valence-electron chi connectivity index (χ4n) is 1.08. The molecule has 0 aliphatic rings. The number of hydrogen-bond donors (Lipinski definition) is 1. The Morgan fingerprint density at radius 1 is 1.50 bits per heavy atom. The van der Waals surface area contributed by atoms with Crippen LogP contribution < -0.4 is 5.32 Å². The normalized spacial score (nSPS) is 10.1. The maximum atomic E-state index is 11.8. The molecule has 1 amide bonds.